The normalized spacial score (nSPS) is 10.1. The third kappa shape index (κ3) is 2.30. The van der Waals surface area contributed by atoms with Crippen LogP contribution >= 0.6 is 11.6 Å². The molecule has 0 unspecified atom stereocenters. The molecule has 0 amide bonds. The summed E-state index contributed by atoms with van der Waals surface area (Å²) in [4.78, 5) is 0. The molecule has 1 heterocycles. The molecule has 0 fully saturated rings. The largest absolute Gasteiger partial charge is 0.467 e. The quantitative estimate of drug-likeness (QED) is 0.833. The molecule has 0 radical (unpaired) electrons. The van der Waals surface area contributed by atoms with Crippen molar-refractivity contribution in [1.29, 1.82) is 0 Å². The van der Waals surface area contributed by atoms with Gasteiger partial charge in [-0.05, 0) is 30.3 Å². The fourth-order valence-electron chi connectivity index (χ4n) is 1.20. The summed E-state index contributed by atoms with van der Waals surface area (Å²) in [5.41, 5.74) is 0.994. The molecule has 14 heavy (non-hydrogen) atoms. The number of nitrogens with one attached hydrogen (secondary N) is 1. The van der Waals surface area contributed by atoms with E-state index in [0.717, 1.165) is 16.5 Å². The van der Waals surface area contributed by atoms with E-state index in [1.165, 1.54) is 0 Å². The molecule has 1 aromatic heterocycles. The lowest BCUT2D eigenvalue weighted by molar-refractivity contribution is 0.518. The highest BCUT2D eigenvalue weighted by atomic mass is 35.5. The van der Waals surface area contributed by atoms with Gasteiger partial charge in [0.1, 0.15) is 5.76 Å². The predicted octanol–water partition coefficient (Wildman–Crippen LogP) is 3.55. The van der Waals surface area contributed by atoms with E-state index in [-0.39, 0.29) is 0 Å². The molecule has 72 valence electrons. The topological polar surface area (TPSA) is 25.2 Å². The molecule has 0 spiro atoms. The Kier molecular flexibility index (Phi) is 2.75. The summed E-state index contributed by atoms with van der Waals surface area (Å²) in [7, 11) is 0. The zero-order valence-electron chi connectivity index (χ0n) is 7.53. The Morgan fingerprint density at radius 2 is 2.14 bits per heavy atom. The molecular formula is C11H10ClNO. The number of anilines is 1. The van der Waals surface area contributed by atoms with Crippen molar-refractivity contribution in [2.45, 2.75) is 6.54 Å². The summed E-state index contributed by atoms with van der Waals surface area (Å²) >= 11 is 5.84. The first kappa shape index (κ1) is 9.16. The van der Waals surface area contributed by atoms with Crippen LogP contribution in [0.15, 0.2) is 47.1 Å². The maximum absolute atomic E-state index is 5.84. The Morgan fingerprint density at radius 3 is 2.86 bits per heavy atom. The van der Waals surface area contributed by atoms with E-state index < -0.39 is 0 Å². The maximum atomic E-state index is 5.84. The smallest absolute Gasteiger partial charge is 0.122 e. The summed E-state index contributed by atoms with van der Waals surface area (Å²) in [5.74, 6) is 0.907. The van der Waals surface area contributed by atoms with Crippen LogP contribution in [0.4, 0.5) is 5.69 Å². The number of benzene rings is 1. The number of hydrogen-bond acceptors (Lipinski definition) is 2. The summed E-state index contributed by atoms with van der Waals surface area (Å²) in [6.45, 7) is 0.674. The average Bonchev–Trinajstić information content (AvgIpc) is 2.67. The van der Waals surface area contributed by atoms with E-state index in [1.807, 2.05) is 36.4 Å². The van der Waals surface area contributed by atoms with Crippen molar-refractivity contribution in [2.24, 2.45) is 0 Å². The zero-order chi connectivity index (χ0) is 9.80. The lowest BCUT2D eigenvalue weighted by Gasteiger charge is -2.03. The SMILES string of the molecule is Clc1cccc(NCc2ccco2)c1. The van der Waals surface area contributed by atoms with E-state index in [4.69, 9.17) is 16.0 Å². The van der Waals surface area contributed by atoms with E-state index in [1.54, 1.807) is 6.26 Å². The van der Waals surface area contributed by atoms with Crippen LogP contribution in [0.2, 0.25) is 5.02 Å². The molecule has 2 aromatic rings. The molecule has 0 atom stereocenters. The Labute approximate surface area is 87.5 Å². The van der Waals surface area contributed by atoms with Gasteiger partial charge in [0.15, 0.2) is 0 Å². The van der Waals surface area contributed by atoms with Crippen molar-refractivity contribution in [3.63, 3.8) is 0 Å². The summed E-state index contributed by atoms with van der Waals surface area (Å²) in [6, 6.07) is 11.4. The lowest BCUT2D eigenvalue weighted by Crippen LogP contribution is -1.97. The second kappa shape index (κ2) is 4.20. The fraction of sp³-hybridized carbons (Fsp3) is 0.0909. The molecule has 1 N–H and O–H groups in total. The van der Waals surface area contributed by atoms with Gasteiger partial charge in [-0.3, -0.25) is 0 Å². The Morgan fingerprint density at radius 1 is 1.21 bits per heavy atom. The minimum Gasteiger partial charge on any atom is -0.467 e. The second-order valence-corrected chi connectivity index (χ2v) is 3.38. The third-order valence-corrected chi connectivity index (χ3v) is 2.11. The van der Waals surface area contributed by atoms with Crippen molar-refractivity contribution in [1.82, 2.24) is 0 Å². The van der Waals surface area contributed by atoms with Gasteiger partial charge in [0.25, 0.3) is 0 Å². The zero-order valence-corrected chi connectivity index (χ0v) is 8.29. The monoisotopic (exact) mass is 207 g/mol. The molecule has 0 saturated heterocycles. The molecule has 2 nitrogen and oxygen atoms in total. The van der Waals surface area contributed by atoms with E-state index >= 15 is 0 Å². The molecule has 2 rings (SSSR count). The summed E-state index contributed by atoms with van der Waals surface area (Å²) in [6.07, 6.45) is 1.66. The van der Waals surface area contributed by atoms with E-state index in [0.29, 0.717) is 6.54 Å². The van der Waals surface area contributed by atoms with Crippen LogP contribution in [0.5, 0.6) is 0 Å². The number of rotatable bonds is 3. The van der Waals surface area contributed by atoms with Crippen molar-refractivity contribution in [3.8, 4) is 0 Å². The highest BCUT2D eigenvalue weighted by Crippen LogP contribution is 2.15. The summed E-state index contributed by atoms with van der Waals surface area (Å²) < 4.78 is 5.19. The highest BCUT2D eigenvalue weighted by molar-refractivity contribution is 6.30. The second-order valence-electron chi connectivity index (χ2n) is 2.94. The van der Waals surface area contributed by atoms with E-state index in [9.17, 15) is 0 Å². The highest BCUT2D eigenvalue weighted by Gasteiger charge is 1.96. The molecule has 0 aliphatic heterocycles. The van der Waals surface area contributed by atoms with Gasteiger partial charge in [-0.15, -0.1) is 0 Å². The van der Waals surface area contributed by atoms with Gasteiger partial charge < -0.3 is 9.73 Å². The van der Waals surface area contributed by atoms with Gasteiger partial charge in [0.05, 0.1) is 12.8 Å². The molecule has 1 aromatic carbocycles. The van der Waals surface area contributed by atoms with Gasteiger partial charge in [-0.2, -0.15) is 0 Å². The average molecular weight is 208 g/mol. The fourth-order valence-corrected chi connectivity index (χ4v) is 1.39. The van der Waals surface area contributed by atoms with Crippen LogP contribution in [-0.2, 0) is 6.54 Å². The Bertz CT molecular complexity index is 397. The Hall–Kier alpha value is -1.41. The molecule has 0 aliphatic rings. The van der Waals surface area contributed by atoms with Crippen molar-refractivity contribution in [2.75, 3.05) is 5.32 Å². The Balaban J connectivity index is 1.98. The standard InChI is InChI=1S/C11H10ClNO/c12-9-3-1-4-10(7-9)13-8-11-5-2-6-14-11/h1-7,13H,8H2. The molecule has 0 aliphatic carbocycles. The van der Waals surface area contributed by atoms with Crippen molar-refractivity contribution in [3.05, 3.63) is 53.4 Å². The van der Waals surface area contributed by atoms with Crippen LogP contribution in [0.1, 0.15) is 5.76 Å². The molecule has 3 heteroatoms. The predicted molar refractivity (Wildman–Crippen MR) is 57.5 cm³/mol. The van der Waals surface area contributed by atoms with Gasteiger partial charge in [0, 0.05) is 10.7 Å². The first-order valence-corrected chi connectivity index (χ1v) is 4.74. The minimum atomic E-state index is 0.674. The van der Waals surface area contributed by atoms with E-state index in [2.05, 4.69) is 5.32 Å². The van der Waals surface area contributed by atoms with Gasteiger partial charge in [-0.1, -0.05) is 17.7 Å². The number of hydrogen-bond donors (Lipinski definition) is 1. The lowest BCUT2D eigenvalue weighted by atomic mass is 10.3. The number of halogens is 1. The number of furan rings is 1. The first-order valence-electron chi connectivity index (χ1n) is 4.36. The minimum absolute atomic E-state index is 0.674. The first-order chi connectivity index (χ1) is 6.84. The van der Waals surface area contributed by atoms with Crippen LogP contribution < -0.4 is 5.32 Å². The van der Waals surface area contributed by atoms with Crippen LogP contribution in [0.3, 0.4) is 0 Å². The van der Waals surface area contributed by atoms with Crippen LogP contribution in [0, 0.1) is 0 Å². The van der Waals surface area contributed by atoms with Gasteiger partial charge >= 0.3 is 0 Å². The third-order valence-electron chi connectivity index (χ3n) is 1.87. The molecule has 0 bridgehead atoms. The van der Waals surface area contributed by atoms with Crippen LogP contribution in [-0.4, -0.2) is 0 Å². The molecular weight excluding hydrogens is 198 g/mol. The van der Waals surface area contributed by atoms with Crippen molar-refractivity contribution < 1.29 is 4.42 Å². The van der Waals surface area contributed by atoms with Crippen LogP contribution in [0.25, 0.3) is 0 Å². The van der Waals surface area contributed by atoms with Gasteiger partial charge in [-0.25, -0.2) is 0 Å². The molecule has 0 saturated carbocycles. The van der Waals surface area contributed by atoms with Gasteiger partial charge in [0.2, 0.25) is 0 Å². The maximum Gasteiger partial charge on any atom is 0.122 e. The van der Waals surface area contributed by atoms with Crippen molar-refractivity contribution >= 4 is 17.3 Å². The summed E-state index contributed by atoms with van der Waals surface area (Å²) in [5, 5.41) is 3.94.